The van der Waals surface area contributed by atoms with Crippen LogP contribution in [0.1, 0.15) is 22.3 Å². The molecule has 14 heavy (non-hydrogen) atoms. The number of nitrogens with zero attached hydrogens (tertiary/aromatic N) is 2. The molecular formula is C10H10N2OS. The molecule has 0 aromatic carbocycles. The molecule has 0 fully saturated rings. The lowest BCUT2D eigenvalue weighted by atomic mass is 10.2. The number of Topliss-reactive ketones (excluding diaryl/α,β-unsaturated/α-hetero) is 1. The Morgan fingerprint density at radius 2 is 2.50 bits per heavy atom. The molecular weight excluding hydrogens is 196 g/mol. The van der Waals surface area contributed by atoms with E-state index in [0.717, 1.165) is 17.1 Å². The van der Waals surface area contributed by atoms with Gasteiger partial charge in [-0.15, -0.1) is 11.3 Å². The third-order valence-electron chi connectivity index (χ3n) is 1.96. The highest BCUT2D eigenvalue weighted by molar-refractivity contribution is 7.09. The predicted octanol–water partition coefficient (Wildman–Crippen LogP) is 2.20. The molecule has 2 aromatic heterocycles. The van der Waals surface area contributed by atoms with E-state index in [1.165, 1.54) is 0 Å². The number of carbonyl (C=O) groups excluding carboxylic acids is 1. The summed E-state index contributed by atoms with van der Waals surface area (Å²) >= 11 is 1.62. The smallest absolute Gasteiger partial charge is 0.161 e. The monoisotopic (exact) mass is 206 g/mol. The van der Waals surface area contributed by atoms with Crippen molar-refractivity contribution in [2.75, 3.05) is 0 Å². The van der Waals surface area contributed by atoms with Crippen molar-refractivity contribution in [1.29, 1.82) is 0 Å². The summed E-state index contributed by atoms with van der Waals surface area (Å²) < 4.78 is 1.97. The van der Waals surface area contributed by atoms with Crippen molar-refractivity contribution in [3.05, 3.63) is 40.6 Å². The highest BCUT2D eigenvalue weighted by Crippen LogP contribution is 2.08. The van der Waals surface area contributed by atoms with Crippen LogP contribution in [0.25, 0.3) is 0 Å². The molecule has 0 N–H and O–H groups in total. The average Bonchev–Trinajstić information content (AvgIpc) is 2.75. The van der Waals surface area contributed by atoms with Gasteiger partial charge in [0.05, 0.1) is 6.54 Å². The van der Waals surface area contributed by atoms with Gasteiger partial charge in [0.25, 0.3) is 0 Å². The first kappa shape index (κ1) is 9.15. The van der Waals surface area contributed by atoms with Crippen LogP contribution in [0.15, 0.2) is 30.0 Å². The fraction of sp³-hybridized carbons (Fsp3) is 0.200. The van der Waals surface area contributed by atoms with Crippen LogP contribution in [0.5, 0.6) is 0 Å². The molecule has 4 heteroatoms. The Labute approximate surface area is 86.0 Å². The van der Waals surface area contributed by atoms with Gasteiger partial charge >= 0.3 is 0 Å². The van der Waals surface area contributed by atoms with E-state index in [2.05, 4.69) is 4.98 Å². The molecule has 0 unspecified atom stereocenters. The van der Waals surface area contributed by atoms with Crippen LogP contribution < -0.4 is 0 Å². The maximum absolute atomic E-state index is 11.0. The van der Waals surface area contributed by atoms with Gasteiger partial charge in [-0.3, -0.25) is 4.79 Å². The first-order valence-corrected chi connectivity index (χ1v) is 5.19. The summed E-state index contributed by atoms with van der Waals surface area (Å²) in [5, 5.41) is 3.00. The van der Waals surface area contributed by atoms with Gasteiger partial charge in [-0.25, -0.2) is 4.98 Å². The molecule has 0 aliphatic rings. The van der Waals surface area contributed by atoms with Crippen molar-refractivity contribution in [2.24, 2.45) is 0 Å². The van der Waals surface area contributed by atoms with Crippen molar-refractivity contribution >= 4 is 17.1 Å². The summed E-state index contributed by atoms with van der Waals surface area (Å²) in [5.41, 5.74) is 0.751. The standard InChI is InChI=1S/C10H10N2OS/c1-8(13)9-2-4-12(6-9)7-10-11-3-5-14-10/h2-6H,7H2,1H3. The zero-order chi connectivity index (χ0) is 9.97. The number of carbonyl (C=O) groups is 1. The minimum absolute atomic E-state index is 0.0999. The molecule has 2 rings (SSSR count). The Morgan fingerprint density at radius 1 is 1.64 bits per heavy atom. The van der Waals surface area contributed by atoms with E-state index in [-0.39, 0.29) is 5.78 Å². The van der Waals surface area contributed by atoms with Crippen LogP contribution in [0, 0.1) is 0 Å². The third kappa shape index (κ3) is 1.90. The van der Waals surface area contributed by atoms with Gasteiger partial charge in [0, 0.05) is 29.5 Å². The van der Waals surface area contributed by atoms with Crippen LogP contribution in [0.3, 0.4) is 0 Å². The molecule has 0 aliphatic heterocycles. The number of thiazole rings is 1. The van der Waals surface area contributed by atoms with Crippen molar-refractivity contribution in [3.8, 4) is 0 Å². The van der Waals surface area contributed by atoms with Crippen molar-refractivity contribution < 1.29 is 4.79 Å². The van der Waals surface area contributed by atoms with E-state index in [1.54, 1.807) is 24.5 Å². The minimum Gasteiger partial charge on any atom is -0.347 e. The van der Waals surface area contributed by atoms with E-state index < -0.39 is 0 Å². The minimum atomic E-state index is 0.0999. The average molecular weight is 206 g/mol. The van der Waals surface area contributed by atoms with E-state index in [4.69, 9.17) is 0 Å². The van der Waals surface area contributed by atoms with Crippen LogP contribution >= 0.6 is 11.3 Å². The Morgan fingerprint density at radius 3 is 3.07 bits per heavy atom. The van der Waals surface area contributed by atoms with Gasteiger partial charge in [-0.1, -0.05) is 0 Å². The topological polar surface area (TPSA) is 34.9 Å². The first-order valence-electron chi connectivity index (χ1n) is 4.31. The van der Waals surface area contributed by atoms with Gasteiger partial charge in [0.2, 0.25) is 0 Å². The van der Waals surface area contributed by atoms with E-state index in [9.17, 15) is 4.79 Å². The first-order chi connectivity index (χ1) is 6.75. The molecule has 0 saturated carbocycles. The molecule has 0 aliphatic carbocycles. The van der Waals surface area contributed by atoms with Crippen LogP contribution in [0.4, 0.5) is 0 Å². The van der Waals surface area contributed by atoms with Crippen molar-refractivity contribution in [2.45, 2.75) is 13.5 Å². The number of ketones is 1. The molecule has 0 saturated heterocycles. The number of hydrogen-bond donors (Lipinski definition) is 0. The van der Waals surface area contributed by atoms with Gasteiger partial charge in [-0.2, -0.15) is 0 Å². The van der Waals surface area contributed by atoms with Crippen LogP contribution in [-0.2, 0) is 6.54 Å². The second-order valence-electron chi connectivity index (χ2n) is 3.05. The molecule has 0 radical (unpaired) electrons. The lowest BCUT2D eigenvalue weighted by Gasteiger charge is -1.97. The molecule has 0 amide bonds. The Balaban J connectivity index is 2.14. The van der Waals surface area contributed by atoms with Gasteiger partial charge < -0.3 is 4.57 Å². The predicted molar refractivity (Wildman–Crippen MR) is 55.7 cm³/mol. The molecule has 0 bridgehead atoms. The Kier molecular flexibility index (Phi) is 2.45. The van der Waals surface area contributed by atoms with Gasteiger partial charge in [-0.05, 0) is 13.0 Å². The quantitative estimate of drug-likeness (QED) is 0.721. The summed E-state index contributed by atoms with van der Waals surface area (Å²) in [6.07, 6.45) is 5.54. The second-order valence-corrected chi connectivity index (χ2v) is 4.03. The lowest BCUT2D eigenvalue weighted by molar-refractivity contribution is 0.101. The summed E-state index contributed by atoms with van der Waals surface area (Å²) in [4.78, 5) is 15.2. The molecule has 3 nitrogen and oxygen atoms in total. The summed E-state index contributed by atoms with van der Waals surface area (Å²) in [6.45, 7) is 2.31. The summed E-state index contributed by atoms with van der Waals surface area (Å²) in [6, 6.07) is 1.83. The maximum atomic E-state index is 11.0. The molecule has 2 heterocycles. The number of rotatable bonds is 3. The fourth-order valence-corrected chi connectivity index (χ4v) is 1.86. The van der Waals surface area contributed by atoms with E-state index in [0.29, 0.717) is 0 Å². The van der Waals surface area contributed by atoms with Crippen LogP contribution in [-0.4, -0.2) is 15.3 Å². The van der Waals surface area contributed by atoms with E-state index in [1.807, 2.05) is 28.4 Å². The van der Waals surface area contributed by atoms with Crippen molar-refractivity contribution in [3.63, 3.8) is 0 Å². The summed E-state index contributed by atoms with van der Waals surface area (Å²) in [7, 11) is 0. The Bertz CT molecular complexity index is 431. The number of aromatic nitrogens is 2. The molecule has 2 aromatic rings. The summed E-state index contributed by atoms with van der Waals surface area (Å²) in [5.74, 6) is 0.0999. The number of hydrogen-bond acceptors (Lipinski definition) is 3. The SMILES string of the molecule is CC(=O)c1ccn(Cc2nccs2)c1. The second kappa shape index (κ2) is 3.75. The zero-order valence-electron chi connectivity index (χ0n) is 7.80. The maximum Gasteiger partial charge on any atom is 0.161 e. The molecule has 0 spiro atoms. The third-order valence-corrected chi connectivity index (χ3v) is 2.72. The van der Waals surface area contributed by atoms with Gasteiger partial charge in [0.15, 0.2) is 5.78 Å². The highest BCUT2D eigenvalue weighted by atomic mass is 32.1. The van der Waals surface area contributed by atoms with Crippen molar-refractivity contribution in [1.82, 2.24) is 9.55 Å². The lowest BCUT2D eigenvalue weighted by Crippen LogP contribution is -1.96. The van der Waals surface area contributed by atoms with E-state index >= 15 is 0 Å². The normalized spacial score (nSPS) is 10.4. The fourth-order valence-electron chi connectivity index (χ4n) is 1.23. The highest BCUT2D eigenvalue weighted by Gasteiger charge is 2.02. The Hall–Kier alpha value is -1.42. The molecule has 72 valence electrons. The van der Waals surface area contributed by atoms with Gasteiger partial charge in [0.1, 0.15) is 5.01 Å². The van der Waals surface area contributed by atoms with Crippen LogP contribution in [0.2, 0.25) is 0 Å². The molecule has 0 atom stereocenters. The zero-order valence-corrected chi connectivity index (χ0v) is 8.62. The largest absolute Gasteiger partial charge is 0.347 e.